The van der Waals surface area contributed by atoms with Gasteiger partial charge in [-0.3, -0.25) is 19.4 Å². The quantitative estimate of drug-likeness (QED) is 0.121. The molecule has 1 aliphatic rings. The number of carbonyl (C=O) groups excluding carboxylic acids is 3. The molecule has 4 atom stereocenters. The number of carboxylic acids is 1. The number of likely N-dealkylation sites (tertiary alicyclic amines) is 1. The molecule has 1 aliphatic heterocycles. The Morgan fingerprint density at radius 3 is 2.35 bits per heavy atom. The first-order chi connectivity index (χ1) is 14.5. The van der Waals surface area contributed by atoms with E-state index in [4.69, 9.17) is 17.2 Å². The van der Waals surface area contributed by atoms with Crippen LogP contribution < -0.4 is 27.8 Å². The molecule has 9 N–H and O–H groups in total. The molecule has 12 heteroatoms. The summed E-state index contributed by atoms with van der Waals surface area (Å²) in [5.41, 5.74) is 16.5. The van der Waals surface area contributed by atoms with Gasteiger partial charge in [-0.15, -0.1) is 0 Å². The van der Waals surface area contributed by atoms with Gasteiger partial charge in [0, 0.05) is 13.1 Å². The zero-order valence-electron chi connectivity index (χ0n) is 18.3. The van der Waals surface area contributed by atoms with Gasteiger partial charge in [0.25, 0.3) is 0 Å². The van der Waals surface area contributed by atoms with E-state index in [2.05, 4.69) is 15.6 Å². The molecule has 3 amide bonds. The van der Waals surface area contributed by atoms with Crippen molar-refractivity contribution in [1.82, 2.24) is 15.5 Å². The molecule has 0 aromatic rings. The predicted molar refractivity (Wildman–Crippen MR) is 115 cm³/mol. The molecular weight excluding hydrogens is 406 g/mol. The van der Waals surface area contributed by atoms with Crippen LogP contribution >= 0.6 is 0 Å². The molecule has 176 valence electrons. The van der Waals surface area contributed by atoms with Crippen molar-refractivity contribution in [3.8, 4) is 0 Å². The summed E-state index contributed by atoms with van der Waals surface area (Å²) in [6.45, 7) is 5.56. The Hall–Kier alpha value is -2.89. The standard InChI is InChI=1S/C19H35N7O5/c1-10(2)14(18(30)31)25-15(27)11(3)24-16(28)13-7-5-9-26(13)17(29)12(20)6-4-8-23-19(21)22/h10-14H,4-9,20H2,1-3H3,(H,24,28)(H,25,27)(H,30,31)(H4,21,22,23). The van der Waals surface area contributed by atoms with Crippen molar-refractivity contribution in [3.05, 3.63) is 0 Å². The Bertz CT molecular complexity index is 693. The number of aliphatic imine (C=N–C) groups is 1. The summed E-state index contributed by atoms with van der Waals surface area (Å²) >= 11 is 0. The lowest BCUT2D eigenvalue weighted by atomic mass is 10.0. The van der Waals surface area contributed by atoms with Crippen molar-refractivity contribution in [3.63, 3.8) is 0 Å². The highest BCUT2D eigenvalue weighted by Gasteiger charge is 2.37. The van der Waals surface area contributed by atoms with E-state index >= 15 is 0 Å². The number of guanidine groups is 1. The molecule has 1 heterocycles. The minimum absolute atomic E-state index is 0.0302. The van der Waals surface area contributed by atoms with Gasteiger partial charge in [0.1, 0.15) is 18.1 Å². The molecule has 1 fully saturated rings. The Balaban J connectivity index is 2.64. The summed E-state index contributed by atoms with van der Waals surface area (Å²) in [6, 6.07) is -3.54. The third-order valence-electron chi connectivity index (χ3n) is 5.11. The predicted octanol–water partition coefficient (Wildman–Crippen LogP) is -1.91. The number of nitrogens with two attached hydrogens (primary N) is 3. The van der Waals surface area contributed by atoms with Crippen LogP contribution in [-0.4, -0.2) is 76.9 Å². The number of amides is 3. The number of aliphatic carboxylic acids is 1. The molecule has 1 saturated heterocycles. The molecule has 0 saturated carbocycles. The zero-order valence-corrected chi connectivity index (χ0v) is 18.3. The van der Waals surface area contributed by atoms with Crippen molar-refractivity contribution in [2.45, 2.75) is 70.6 Å². The van der Waals surface area contributed by atoms with Crippen LogP contribution in [-0.2, 0) is 19.2 Å². The minimum atomic E-state index is -1.15. The lowest BCUT2D eigenvalue weighted by Gasteiger charge is -2.28. The smallest absolute Gasteiger partial charge is 0.326 e. The second kappa shape index (κ2) is 12.1. The van der Waals surface area contributed by atoms with Crippen LogP contribution in [0.1, 0.15) is 46.5 Å². The molecule has 0 spiro atoms. The van der Waals surface area contributed by atoms with Crippen molar-refractivity contribution in [2.75, 3.05) is 13.1 Å². The van der Waals surface area contributed by atoms with Crippen molar-refractivity contribution in [1.29, 1.82) is 0 Å². The van der Waals surface area contributed by atoms with Gasteiger partial charge < -0.3 is 37.8 Å². The van der Waals surface area contributed by atoms with E-state index in [1.807, 2.05) is 0 Å². The maximum Gasteiger partial charge on any atom is 0.326 e. The average Bonchev–Trinajstić information content (AvgIpc) is 3.17. The molecule has 12 nitrogen and oxygen atoms in total. The number of hydrogen-bond donors (Lipinski definition) is 6. The first-order valence-corrected chi connectivity index (χ1v) is 10.4. The number of nitrogens with one attached hydrogen (secondary N) is 2. The van der Waals surface area contributed by atoms with Gasteiger partial charge in [0.2, 0.25) is 17.7 Å². The lowest BCUT2D eigenvalue weighted by molar-refractivity contribution is -0.144. The second-order valence-electron chi connectivity index (χ2n) is 8.04. The average molecular weight is 442 g/mol. The number of hydrogen-bond acceptors (Lipinski definition) is 6. The number of rotatable bonds is 11. The molecule has 0 aromatic heterocycles. The molecule has 1 rings (SSSR count). The summed E-state index contributed by atoms with van der Waals surface area (Å²) in [6.07, 6.45) is 1.98. The fraction of sp³-hybridized carbons (Fsp3) is 0.737. The van der Waals surface area contributed by atoms with Crippen molar-refractivity contribution in [2.24, 2.45) is 28.1 Å². The summed E-state index contributed by atoms with van der Waals surface area (Å²) in [5.74, 6) is -2.92. The first kappa shape index (κ1) is 26.1. The molecule has 31 heavy (non-hydrogen) atoms. The van der Waals surface area contributed by atoms with Gasteiger partial charge in [-0.05, 0) is 38.5 Å². The Morgan fingerprint density at radius 1 is 1.16 bits per heavy atom. The molecular formula is C19H35N7O5. The van der Waals surface area contributed by atoms with Crippen LogP contribution in [0, 0.1) is 5.92 Å². The molecule has 0 aliphatic carbocycles. The highest BCUT2D eigenvalue weighted by molar-refractivity contribution is 5.94. The van der Waals surface area contributed by atoms with E-state index in [1.165, 1.54) is 11.8 Å². The monoisotopic (exact) mass is 441 g/mol. The fourth-order valence-corrected chi connectivity index (χ4v) is 3.33. The summed E-state index contributed by atoms with van der Waals surface area (Å²) in [5, 5.41) is 14.2. The Morgan fingerprint density at radius 2 is 1.81 bits per heavy atom. The van der Waals surface area contributed by atoms with Crippen molar-refractivity contribution >= 4 is 29.7 Å². The van der Waals surface area contributed by atoms with E-state index < -0.39 is 42.0 Å². The molecule has 0 radical (unpaired) electrons. The molecule has 0 bridgehead atoms. The lowest BCUT2D eigenvalue weighted by Crippen LogP contribution is -2.56. The summed E-state index contributed by atoms with van der Waals surface area (Å²) in [7, 11) is 0. The van der Waals surface area contributed by atoms with Crippen LogP contribution in [0.3, 0.4) is 0 Å². The maximum absolute atomic E-state index is 12.7. The van der Waals surface area contributed by atoms with E-state index in [1.54, 1.807) is 13.8 Å². The summed E-state index contributed by atoms with van der Waals surface area (Å²) < 4.78 is 0. The van der Waals surface area contributed by atoms with E-state index in [9.17, 15) is 24.3 Å². The largest absolute Gasteiger partial charge is 0.480 e. The Kier molecular flexibility index (Phi) is 10.2. The van der Waals surface area contributed by atoms with Crippen LogP contribution in [0.2, 0.25) is 0 Å². The normalized spacial score (nSPS) is 18.7. The van der Waals surface area contributed by atoms with Crippen LogP contribution in [0.25, 0.3) is 0 Å². The van der Waals surface area contributed by atoms with Crippen molar-refractivity contribution < 1.29 is 24.3 Å². The number of carbonyl (C=O) groups is 4. The van der Waals surface area contributed by atoms with Crippen LogP contribution in [0.5, 0.6) is 0 Å². The summed E-state index contributed by atoms with van der Waals surface area (Å²) in [4.78, 5) is 54.2. The zero-order chi connectivity index (χ0) is 23.7. The van der Waals surface area contributed by atoms with Gasteiger partial charge in [-0.1, -0.05) is 13.8 Å². The van der Waals surface area contributed by atoms with E-state index in [-0.39, 0.29) is 17.8 Å². The van der Waals surface area contributed by atoms with Crippen LogP contribution in [0.15, 0.2) is 4.99 Å². The van der Waals surface area contributed by atoms with Gasteiger partial charge in [-0.2, -0.15) is 0 Å². The first-order valence-electron chi connectivity index (χ1n) is 10.4. The number of nitrogens with zero attached hydrogens (tertiary/aromatic N) is 2. The highest BCUT2D eigenvalue weighted by atomic mass is 16.4. The van der Waals surface area contributed by atoms with E-state index in [0.29, 0.717) is 38.8 Å². The minimum Gasteiger partial charge on any atom is -0.480 e. The van der Waals surface area contributed by atoms with Gasteiger partial charge in [-0.25, -0.2) is 4.79 Å². The highest BCUT2D eigenvalue weighted by Crippen LogP contribution is 2.19. The Labute approximate surface area is 182 Å². The maximum atomic E-state index is 12.7. The van der Waals surface area contributed by atoms with E-state index in [0.717, 1.165) is 0 Å². The SMILES string of the molecule is CC(NC(=O)C1CCCN1C(=O)C(N)CCCN=C(N)N)C(=O)NC(C(=O)O)C(C)C. The third-order valence-corrected chi connectivity index (χ3v) is 5.11. The molecule has 4 unspecified atom stereocenters. The molecule has 0 aromatic carbocycles. The van der Waals surface area contributed by atoms with Gasteiger partial charge in [0.15, 0.2) is 5.96 Å². The fourth-order valence-electron chi connectivity index (χ4n) is 3.33. The number of carboxylic acid groups (broad SMARTS) is 1. The topological polar surface area (TPSA) is 206 Å². The van der Waals surface area contributed by atoms with Gasteiger partial charge >= 0.3 is 5.97 Å². The second-order valence-corrected chi connectivity index (χ2v) is 8.04. The third kappa shape index (κ3) is 8.04. The van der Waals surface area contributed by atoms with Gasteiger partial charge in [0.05, 0.1) is 6.04 Å². The van der Waals surface area contributed by atoms with Crippen LogP contribution in [0.4, 0.5) is 0 Å².